The minimum atomic E-state index is 0.515. The Labute approximate surface area is 67.1 Å². The number of fused-ring (bicyclic) bond motifs is 1. The third kappa shape index (κ3) is 1.39. The van der Waals surface area contributed by atoms with Crippen LogP contribution in [-0.2, 0) is 0 Å². The summed E-state index contributed by atoms with van der Waals surface area (Å²) in [4.78, 5) is 0. The fraction of sp³-hybridized carbons (Fsp3) is 1.00. The Hall–Kier alpha value is -0.160. The van der Waals surface area contributed by atoms with Crippen LogP contribution in [0.4, 0.5) is 0 Å². The second kappa shape index (κ2) is 3.06. The second-order valence-electron chi connectivity index (χ2n) is 3.35. The average Bonchev–Trinajstić information content (AvgIpc) is 2.06. The zero-order valence-electron chi connectivity index (χ0n) is 6.85. The highest BCUT2D eigenvalue weighted by Gasteiger charge is 2.31. The van der Waals surface area contributed by atoms with E-state index in [9.17, 15) is 0 Å². The van der Waals surface area contributed by atoms with E-state index >= 15 is 0 Å². The predicted molar refractivity (Wildman–Crippen MR) is 44.2 cm³/mol. The molecule has 3 unspecified atom stereocenters. The monoisotopic (exact) mass is 156 g/mol. The largest absolute Gasteiger partial charge is 0.310 e. The number of piperazine rings is 1. The molecule has 64 valence electrons. The molecule has 11 heavy (non-hydrogen) atoms. The van der Waals surface area contributed by atoms with Crippen LogP contribution in [0.1, 0.15) is 6.92 Å². The highest BCUT2D eigenvalue weighted by Crippen LogP contribution is 2.05. The van der Waals surface area contributed by atoms with Crippen molar-refractivity contribution in [3.05, 3.63) is 0 Å². The number of nitrogens with one attached hydrogen (secondary N) is 4. The predicted octanol–water partition coefficient (Wildman–Crippen LogP) is -1.59. The molecule has 0 spiro atoms. The first-order chi connectivity index (χ1) is 5.38. The molecule has 0 aromatic carbocycles. The van der Waals surface area contributed by atoms with E-state index in [4.69, 9.17) is 0 Å². The Morgan fingerprint density at radius 2 is 2.00 bits per heavy atom. The first kappa shape index (κ1) is 7.49. The minimum absolute atomic E-state index is 0.515. The molecule has 2 rings (SSSR count). The van der Waals surface area contributed by atoms with E-state index in [1.165, 1.54) is 0 Å². The maximum atomic E-state index is 3.51. The van der Waals surface area contributed by atoms with Crippen LogP contribution < -0.4 is 21.5 Å². The first-order valence-electron chi connectivity index (χ1n) is 4.33. The number of rotatable bonds is 0. The molecule has 2 fully saturated rings. The summed E-state index contributed by atoms with van der Waals surface area (Å²) in [6, 6.07) is 1.70. The second-order valence-corrected chi connectivity index (χ2v) is 3.35. The molecule has 0 bridgehead atoms. The summed E-state index contributed by atoms with van der Waals surface area (Å²) in [6.45, 7) is 5.40. The number of hydrogen-bond acceptors (Lipinski definition) is 4. The lowest BCUT2D eigenvalue weighted by molar-refractivity contribution is 0.198. The zero-order chi connectivity index (χ0) is 7.68. The van der Waals surface area contributed by atoms with Gasteiger partial charge < -0.3 is 10.6 Å². The summed E-state index contributed by atoms with van der Waals surface area (Å²) < 4.78 is 0. The van der Waals surface area contributed by atoms with Crippen LogP contribution in [0.15, 0.2) is 0 Å². The lowest BCUT2D eigenvalue weighted by atomic mass is 9.98. The molecule has 2 aliphatic heterocycles. The van der Waals surface area contributed by atoms with Crippen molar-refractivity contribution in [2.75, 3.05) is 19.6 Å². The van der Waals surface area contributed by atoms with Gasteiger partial charge in [-0.1, -0.05) is 0 Å². The van der Waals surface area contributed by atoms with Crippen molar-refractivity contribution in [3.8, 4) is 0 Å². The molecule has 0 saturated carbocycles. The maximum Gasteiger partial charge on any atom is 0.0400 e. The van der Waals surface area contributed by atoms with E-state index in [1.807, 2.05) is 0 Å². The van der Waals surface area contributed by atoms with Crippen LogP contribution >= 0.6 is 0 Å². The number of hydrogen-bond donors (Lipinski definition) is 4. The molecule has 4 nitrogen and oxygen atoms in total. The topological polar surface area (TPSA) is 48.1 Å². The van der Waals surface area contributed by atoms with Gasteiger partial charge in [0.05, 0.1) is 0 Å². The van der Waals surface area contributed by atoms with E-state index in [0.717, 1.165) is 19.6 Å². The summed E-state index contributed by atoms with van der Waals surface area (Å²) in [5, 5.41) is 6.99. The summed E-state index contributed by atoms with van der Waals surface area (Å²) in [6.07, 6.45) is 0. The van der Waals surface area contributed by atoms with Crippen LogP contribution in [0.5, 0.6) is 0 Å². The van der Waals surface area contributed by atoms with Crippen LogP contribution in [-0.4, -0.2) is 37.8 Å². The van der Waals surface area contributed by atoms with Crippen molar-refractivity contribution in [1.29, 1.82) is 0 Å². The van der Waals surface area contributed by atoms with E-state index in [-0.39, 0.29) is 0 Å². The highest BCUT2D eigenvalue weighted by molar-refractivity contribution is 4.96. The van der Waals surface area contributed by atoms with E-state index in [1.54, 1.807) is 0 Å². The molecule has 0 aromatic heterocycles. The molecule has 4 N–H and O–H groups in total. The molecular formula is C7H16N4. The summed E-state index contributed by atoms with van der Waals surface area (Å²) in [5.74, 6) is 0. The smallest absolute Gasteiger partial charge is 0.0400 e. The normalized spacial score (nSPS) is 45.0. The molecule has 0 aliphatic carbocycles. The van der Waals surface area contributed by atoms with Gasteiger partial charge in [-0.15, -0.1) is 0 Å². The van der Waals surface area contributed by atoms with Gasteiger partial charge in [-0.25, -0.2) is 0 Å². The fourth-order valence-corrected chi connectivity index (χ4v) is 1.91. The van der Waals surface area contributed by atoms with Crippen LogP contribution in [0.2, 0.25) is 0 Å². The SMILES string of the molecule is CC1NNCC2NCCNC12. The third-order valence-corrected chi connectivity index (χ3v) is 2.54. The quantitative estimate of drug-likeness (QED) is 0.342. The summed E-state index contributed by atoms with van der Waals surface area (Å²) >= 11 is 0. The van der Waals surface area contributed by atoms with Gasteiger partial charge in [-0.2, -0.15) is 0 Å². The van der Waals surface area contributed by atoms with Gasteiger partial charge in [0.15, 0.2) is 0 Å². The molecule has 0 radical (unpaired) electrons. The Bertz CT molecular complexity index is 136. The highest BCUT2D eigenvalue weighted by atomic mass is 15.4. The van der Waals surface area contributed by atoms with Gasteiger partial charge in [0.25, 0.3) is 0 Å². The van der Waals surface area contributed by atoms with Crippen LogP contribution in [0, 0.1) is 0 Å². The fourth-order valence-electron chi connectivity index (χ4n) is 1.91. The maximum absolute atomic E-state index is 3.51. The summed E-state index contributed by atoms with van der Waals surface area (Å²) in [5.41, 5.74) is 6.41. The lowest BCUT2D eigenvalue weighted by Crippen LogP contribution is -2.71. The lowest BCUT2D eigenvalue weighted by Gasteiger charge is -2.41. The zero-order valence-corrected chi connectivity index (χ0v) is 6.85. The Morgan fingerprint density at radius 1 is 1.18 bits per heavy atom. The first-order valence-corrected chi connectivity index (χ1v) is 4.33. The van der Waals surface area contributed by atoms with Crippen LogP contribution in [0.3, 0.4) is 0 Å². The summed E-state index contributed by atoms with van der Waals surface area (Å²) in [7, 11) is 0. The molecule has 2 aliphatic rings. The molecule has 4 heteroatoms. The molecule has 2 heterocycles. The van der Waals surface area contributed by atoms with E-state index < -0.39 is 0 Å². The van der Waals surface area contributed by atoms with Gasteiger partial charge in [-0.05, 0) is 6.92 Å². The molecule has 2 saturated heterocycles. The van der Waals surface area contributed by atoms with Gasteiger partial charge >= 0.3 is 0 Å². The van der Waals surface area contributed by atoms with Gasteiger partial charge in [-0.3, -0.25) is 10.9 Å². The van der Waals surface area contributed by atoms with Crippen molar-refractivity contribution in [2.45, 2.75) is 25.0 Å². The average molecular weight is 156 g/mol. The Kier molecular flexibility index (Phi) is 2.09. The van der Waals surface area contributed by atoms with E-state index in [0.29, 0.717) is 18.1 Å². The molecule has 0 amide bonds. The Balaban J connectivity index is 1.99. The molecule has 3 atom stereocenters. The third-order valence-electron chi connectivity index (χ3n) is 2.54. The van der Waals surface area contributed by atoms with Gasteiger partial charge in [0.1, 0.15) is 0 Å². The van der Waals surface area contributed by atoms with E-state index in [2.05, 4.69) is 28.4 Å². The van der Waals surface area contributed by atoms with Crippen molar-refractivity contribution in [3.63, 3.8) is 0 Å². The van der Waals surface area contributed by atoms with Crippen molar-refractivity contribution < 1.29 is 0 Å². The van der Waals surface area contributed by atoms with Crippen molar-refractivity contribution in [2.24, 2.45) is 0 Å². The van der Waals surface area contributed by atoms with Crippen molar-refractivity contribution >= 4 is 0 Å². The van der Waals surface area contributed by atoms with Crippen molar-refractivity contribution in [1.82, 2.24) is 21.5 Å². The van der Waals surface area contributed by atoms with Gasteiger partial charge in [0.2, 0.25) is 0 Å². The molecular weight excluding hydrogens is 140 g/mol. The Morgan fingerprint density at radius 3 is 2.82 bits per heavy atom. The van der Waals surface area contributed by atoms with Crippen LogP contribution in [0.25, 0.3) is 0 Å². The minimum Gasteiger partial charge on any atom is -0.310 e. The number of hydrazine groups is 1. The molecule has 0 aromatic rings. The standard InChI is InChI=1S/C7H16N4/c1-5-7-6(4-10-11-5)8-2-3-9-7/h5-11H,2-4H2,1H3. The van der Waals surface area contributed by atoms with Gasteiger partial charge in [0, 0.05) is 37.8 Å².